The van der Waals surface area contributed by atoms with Gasteiger partial charge in [-0.25, -0.2) is 8.42 Å². The predicted molar refractivity (Wildman–Crippen MR) is 93.4 cm³/mol. The van der Waals surface area contributed by atoms with Gasteiger partial charge in [0.2, 0.25) is 27.5 Å². The van der Waals surface area contributed by atoms with E-state index in [1.54, 1.807) is 24.3 Å². The minimum absolute atomic E-state index is 0.182. The number of anilines is 1. The van der Waals surface area contributed by atoms with Crippen LogP contribution >= 0.6 is 0 Å². The van der Waals surface area contributed by atoms with Crippen LogP contribution in [0.3, 0.4) is 0 Å². The molecule has 3 rings (SSSR count). The van der Waals surface area contributed by atoms with E-state index < -0.39 is 10.0 Å². The van der Waals surface area contributed by atoms with Gasteiger partial charge in [-0.05, 0) is 44.0 Å². The summed E-state index contributed by atoms with van der Waals surface area (Å²) in [6, 6.07) is 8.40. The lowest BCUT2D eigenvalue weighted by molar-refractivity contribution is 0.346. The number of hydrogen-bond acceptors (Lipinski definition) is 6. The molecule has 1 saturated heterocycles. The molecule has 0 bridgehead atoms. The summed E-state index contributed by atoms with van der Waals surface area (Å²) in [6.07, 6.45) is 2.88. The maximum absolute atomic E-state index is 12.7. The van der Waals surface area contributed by atoms with Crippen LogP contribution < -0.4 is 5.32 Å². The van der Waals surface area contributed by atoms with E-state index in [2.05, 4.69) is 10.3 Å². The summed E-state index contributed by atoms with van der Waals surface area (Å²) < 4.78 is 32.4. The highest BCUT2D eigenvalue weighted by atomic mass is 32.2. The normalized spacial score (nSPS) is 15.7. The van der Waals surface area contributed by atoms with Gasteiger partial charge in [-0.2, -0.15) is 14.6 Å². The third kappa shape index (κ3) is 3.52. The van der Waals surface area contributed by atoms with Crippen molar-refractivity contribution in [3.8, 4) is 17.5 Å². The first kappa shape index (κ1) is 17.5. The van der Waals surface area contributed by atoms with E-state index >= 15 is 0 Å². The van der Waals surface area contributed by atoms with Crippen molar-refractivity contribution < 1.29 is 12.8 Å². The third-order valence-electron chi connectivity index (χ3n) is 4.12. The van der Waals surface area contributed by atoms with E-state index in [9.17, 15) is 8.42 Å². The van der Waals surface area contributed by atoms with Gasteiger partial charge in [0.05, 0.1) is 4.90 Å². The topological polar surface area (TPSA) is 99.2 Å². The molecule has 1 aliphatic heterocycles. The van der Waals surface area contributed by atoms with Gasteiger partial charge in [0.1, 0.15) is 6.07 Å². The molecule has 1 N–H and O–H groups in total. The smallest absolute Gasteiger partial charge is 0.243 e. The molecule has 2 heterocycles. The van der Waals surface area contributed by atoms with Gasteiger partial charge in [0.15, 0.2) is 0 Å². The number of nitrogens with zero attached hydrogens (tertiary/aromatic N) is 3. The summed E-state index contributed by atoms with van der Waals surface area (Å²) in [5, 5.41) is 12.0. The summed E-state index contributed by atoms with van der Waals surface area (Å²) in [6.45, 7) is 3.64. The summed E-state index contributed by atoms with van der Waals surface area (Å²) in [5.41, 5.74) is 0.806. The van der Waals surface area contributed by atoms with Crippen molar-refractivity contribution in [1.82, 2.24) is 9.29 Å². The Balaban J connectivity index is 1.86. The van der Waals surface area contributed by atoms with E-state index in [4.69, 9.17) is 9.68 Å². The SMILES string of the molecule is CCNc1oc(-c2ccc(S(=O)(=O)N3CCCCC3)cc2)nc1C#N. The molecule has 0 amide bonds. The molecule has 0 unspecified atom stereocenters. The molecule has 25 heavy (non-hydrogen) atoms. The Hall–Kier alpha value is -2.37. The summed E-state index contributed by atoms with van der Waals surface area (Å²) in [5.74, 6) is 0.611. The molecule has 0 aliphatic carbocycles. The van der Waals surface area contributed by atoms with Crippen LogP contribution in [-0.2, 0) is 10.0 Å². The number of aromatic nitrogens is 1. The van der Waals surface area contributed by atoms with Crippen LogP contribution in [0.5, 0.6) is 0 Å². The standard InChI is InChI=1S/C17H20N4O3S/c1-2-19-17-15(12-18)20-16(24-17)13-6-8-14(9-7-13)25(22,23)21-10-4-3-5-11-21/h6-9,19H,2-5,10-11H2,1H3. The Labute approximate surface area is 147 Å². The van der Waals surface area contributed by atoms with Crippen LogP contribution in [0.15, 0.2) is 33.6 Å². The zero-order valence-electron chi connectivity index (χ0n) is 14.0. The average molecular weight is 360 g/mol. The average Bonchev–Trinajstić information content (AvgIpc) is 3.06. The van der Waals surface area contributed by atoms with Gasteiger partial charge in [-0.15, -0.1) is 0 Å². The number of nitrogens with one attached hydrogen (secondary N) is 1. The van der Waals surface area contributed by atoms with Gasteiger partial charge in [0.25, 0.3) is 0 Å². The van der Waals surface area contributed by atoms with Crippen molar-refractivity contribution in [2.24, 2.45) is 0 Å². The molecular formula is C17H20N4O3S. The molecule has 0 saturated carbocycles. The highest BCUT2D eigenvalue weighted by Crippen LogP contribution is 2.27. The summed E-state index contributed by atoms with van der Waals surface area (Å²) in [7, 11) is -3.46. The lowest BCUT2D eigenvalue weighted by Gasteiger charge is -2.25. The molecule has 0 atom stereocenters. The van der Waals surface area contributed by atoms with E-state index in [0.29, 0.717) is 31.1 Å². The van der Waals surface area contributed by atoms with E-state index in [1.807, 2.05) is 13.0 Å². The van der Waals surface area contributed by atoms with Crippen LogP contribution in [0.25, 0.3) is 11.5 Å². The van der Waals surface area contributed by atoms with Crippen molar-refractivity contribution in [3.63, 3.8) is 0 Å². The highest BCUT2D eigenvalue weighted by molar-refractivity contribution is 7.89. The van der Waals surface area contributed by atoms with E-state index in [1.165, 1.54) is 4.31 Å². The Bertz CT molecular complexity index is 876. The molecule has 7 nitrogen and oxygen atoms in total. The summed E-state index contributed by atoms with van der Waals surface area (Å²) in [4.78, 5) is 4.41. The van der Waals surface area contributed by atoms with E-state index in [-0.39, 0.29) is 16.5 Å². The lowest BCUT2D eigenvalue weighted by Crippen LogP contribution is -2.35. The first-order valence-corrected chi connectivity index (χ1v) is 9.75. The largest absolute Gasteiger partial charge is 0.419 e. The number of piperidine rings is 1. The molecule has 1 aliphatic rings. The Morgan fingerprint density at radius 1 is 1.24 bits per heavy atom. The van der Waals surface area contributed by atoms with Crippen molar-refractivity contribution in [2.45, 2.75) is 31.1 Å². The third-order valence-corrected chi connectivity index (χ3v) is 6.04. The van der Waals surface area contributed by atoms with Gasteiger partial charge >= 0.3 is 0 Å². The van der Waals surface area contributed by atoms with Gasteiger partial charge < -0.3 is 9.73 Å². The second-order valence-corrected chi connectivity index (χ2v) is 7.77. The second-order valence-electron chi connectivity index (χ2n) is 5.83. The maximum atomic E-state index is 12.7. The van der Waals surface area contributed by atoms with Crippen LogP contribution in [0, 0.1) is 11.3 Å². The number of rotatable bonds is 5. The molecule has 1 fully saturated rings. The van der Waals surface area contributed by atoms with Gasteiger partial charge in [-0.1, -0.05) is 6.42 Å². The quantitative estimate of drug-likeness (QED) is 0.880. The first-order valence-electron chi connectivity index (χ1n) is 8.31. The number of oxazole rings is 1. The number of benzene rings is 1. The van der Waals surface area contributed by atoms with Crippen LogP contribution in [-0.4, -0.2) is 37.3 Å². The molecule has 1 aromatic heterocycles. The predicted octanol–water partition coefficient (Wildman–Crippen LogP) is 2.82. The molecule has 1 aromatic carbocycles. The monoisotopic (exact) mass is 360 g/mol. The highest BCUT2D eigenvalue weighted by Gasteiger charge is 2.26. The van der Waals surface area contributed by atoms with Crippen LogP contribution in [0.1, 0.15) is 31.9 Å². The Morgan fingerprint density at radius 2 is 1.92 bits per heavy atom. The molecule has 2 aromatic rings. The summed E-state index contributed by atoms with van der Waals surface area (Å²) >= 11 is 0. The maximum Gasteiger partial charge on any atom is 0.243 e. The first-order chi connectivity index (χ1) is 12.1. The fraction of sp³-hybridized carbons (Fsp3) is 0.412. The van der Waals surface area contributed by atoms with Crippen molar-refractivity contribution in [3.05, 3.63) is 30.0 Å². The molecule has 132 valence electrons. The van der Waals surface area contributed by atoms with Crippen molar-refractivity contribution in [1.29, 1.82) is 5.26 Å². The van der Waals surface area contributed by atoms with Gasteiger partial charge in [-0.3, -0.25) is 0 Å². The Morgan fingerprint density at radius 3 is 2.52 bits per heavy atom. The lowest BCUT2D eigenvalue weighted by atomic mass is 10.2. The minimum atomic E-state index is -3.46. The number of hydrogen-bond donors (Lipinski definition) is 1. The number of nitriles is 1. The number of sulfonamides is 1. The second kappa shape index (κ2) is 7.25. The minimum Gasteiger partial charge on any atom is -0.419 e. The zero-order chi connectivity index (χ0) is 17.9. The Kier molecular flexibility index (Phi) is 5.06. The zero-order valence-corrected chi connectivity index (χ0v) is 14.8. The van der Waals surface area contributed by atoms with Crippen molar-refractivity contribution >= 4 is 15.9 Å². The molecule has 8 heteroatoms. The van der Waals surface area contributed by atoms with Crippen molar-refractivity contribution in [2.75, 3.05) is 25.0 Å². The fourth-order valence-corrected chi connectivity index (χ4v) is 4.34. The fourth-order valence-electron chi connectivity index (χ4n) is 2.82. The molecule has 0 spiro atoms. The molecular weight excluding hydrogens is 340 g/mol. The van der Waals surface area contributed by atoms with Crippen LogP contribution in [0.2, 0.25) is 0 Å². The molecule has 0 radical (unpaired) electrons. The van der Waals surface area contributed by atoms with Gasteiger partial charge in [0, 0.05) is 25.2 Å². The van der Waals surface area contributed by atoms with Crippen LogP contribution in [0.4, 0.5) is 5.88 Å². The van der Waals surface area contributed by atoms with E-state index in [0.717, 1.165) is 19.3 Å².